The fraction of sp³-hybridized carbons (Fsp3) is 0.120. The van der Waals surface area contributed by atoms with Crippen LogP contribution < -0.4 is 10.0 Å². The maximum atomic E-state index is 5.09. The van der Waals surface area contributed by atoms with Crippen LogP contribution in [-0.4, -0.2) is 21.6 Å². The third-order valence-electron chi connectivity index (χ3n) is 10.7. The smallest absolute Gasteiger partial charge is 0.0666 e. The number of hydrogen-bond acceptors (Lipinski definition) is 4. The van der Waals surface area contributed by atoms with Gasteiger partial charge in [0.2, 0.25) is 0 Å². The van der Waals surface area contributed by atoms with E-state index in [-0.39, 0.29) is 0 Å². The number of aromatic nitrogens is 2. The van der Waals surface area contributed by atoms with Crippen molar-refractivity contribution in [2.75, 3.05) is 10.0 Å². The fourth-order valence-electron chi connectivity index (χ4n) is 8.03. The highest BCUT2D eigenvalue weighted by molar-refractivity contribution is 6.10. The number of aryl methyl sites for hydroxylation is 2. The molecule has 0 N–H and O–H groups in total. The first-order valence-electron chi connectivity index (χ1n) is 19.5. The molecular formula is C50H44N6. The molecular weight excluding hydrogens is 685 g/mol. The summed E-state index contributed by atoms with van der Waals surface area (Å²) in [4.78, 5) is 0. The Bertz CT molecular complexity index is 2660. The Morgan fingerprint density at radius 1 is 0.411 bits per heavy atom. The van der Waals surface area contributed by atoms with Crippen molar-refractivity contribution in [3.8, 4) is 0 Å². The number of rotatable bonds is 12. The second-order valence-electron chi connectivity index (χ2n) is 14.2. The van der Waals surface area contributed by atoms with Gasteiger partial charge in [-0.25, -0.2) is 0 Å². The van der Waals surface area contributed by atoms with Crippen molar-refractivity contribution in [3.63, 3.8) is 0 Å². The molecule has 0 unspecified atom stereocenters. The molecule has 0 fully saturated rings. The number of anilines is 2. The molecule has 0 amide bonds. The molecule has 274 valence electrons. The Balaban J connectivity index is 0.995. The summed E-state index contributed by atoms with van der Waals surface area (Å²) in [5.74, 6) is 0. The number of para-hydroxylation sites is 4. The van der Waals surface area contributed by atoms with E-state index in [1.165, 1.54) is 54.7 Å². The van der Waals surface area contributed by atoms with Crippen LogP contribution in [0, 0.1) is 0 Å². The zero-order valence-corrected chi connectivity index (χ0v) is 31.8. The number of fused-ring (bicyclic) bond motifs is 6. The standard InChI is InChI=1S/C50H44N6/c1-3-53-47-24-13-11-22-43(47)45-31-37(26-28-49(45)53)33-51-55(41-18-7-5-8-19-41)35-39-16-15-17-40(30-39)36-56(42-20-9-6-10-21-42)52-34-38-27-29-50-46(32-38)44-23-12-14-25-48(44)54(50)4-2/h5-34H,3-4,35-36H2,1-2H3. The van der Waals surface area contributed by atoms with Gasteiger partial charge in [-0.15, -0.1) is 0 Å². The Morgan fingerprint density at radius 2 is 0.821 bits per heavy atom. The van der Waals surface area contributed by atoms with E-state index in [1.807, 2.05) is 24.6 Å². The van der Waals surface area contributed by atoms with Crippen LogP contribution >= 0.6 is 0 Å². The monoisotopic (exact) mass is 728 g/mol. The summed E-state index contributed by atoms with van der Waals surface area (Å²) in [6.45, 7) is 7.49. The first-order chi connectivity index (χ1) is 27.7. The first kappa shape index (κ1) is 34.8. The average molecular weight is 729 g/mol. The van der Waals surface area contributed by atoms with Gasteiger partial charge < -0.3 is 9.13 Å². The molecule has 0 atom stereocenters. The lowest BCUT2D eigenvalue weighted by Gasteiger charge is -2.22. The van der Waals surface area contributed by atoms with Gasteiger partial charge in [0.25, 0.3) is 0 Å². The number of nitrogens with zero attached hydrogens (tertiary/aromatic N) is 6. The van der Waals surface area contributed by atoms with Crippen LogP contribution in [0.2, 0.25) is 0 Å². The summed E-state index contributed by atoms with van der Waals surface area (Å²) in [6, 6.07) is 60.2. The summed E-state index contributed by atoms with van der Waals surface area (Å²) in [6.07, 6.45) is 3.97. The molecule has 9 rings (SSSR count). The van der Waals surface area contributed by atoms with Crippen LogP contribution in [0.3, 0.4) is 0 Å². The summed E-state index contributed by atoms with van der Waals surface area (Å²) >= 11 is 0. The van der Waals surface area contributed by atoms with Gasteiger partial charge in [0.1, 0.15) is 0 Å². The van der Waals surface area contributed by atoms with Crippen LogP contribution in [0.5, 0.6) is 0 Å². The molecule has 56 heavy (non-hydrogen) atoms. The quantitative estimate of drug-likeness (QED) is 0.0928. The summed E-state index contributed by atoms with van der Waals surface area (Å²) < 4.78 is 4.76. The van der Waals surface area contributed by atoms with Crippen molar-refractivity contribution >= 4 is 67.4 Å². The van der Waals surface area contributed by atoms with E-state index in [0.29, 0.717) is 13.1 Å². The van der Waals surface area contributed by atoms with Crippen LogP contribution in [0.25, 0.3) is 43.6 Å². The molecule has 6 nitrogen and oxygen atoms in total. The molecule has 6 heteroatoms. The predicted molar refractivity (Wildman–Crippen MR) is 237 cm³/mol. The van der Waals surface area contributed by atoms with E-state index in [9.17, 15) is 0 Å². The molecule has 0 spiro atoms. The minimum atomic E-state index is 0.617. The zero-order chi connectivity index (χ0) is 37.8. The lowest BCUT2D eigenvalue weighted by Crippen LogP contribution is -2.18. The Morgan fingerprint density at radius 3 is 1.27 bits per heavy atom. The SMILES string of the molecule is CCn1c2ccccc2c2cc(C=NN(Cc3cccc(CN(N=Cc4ccc5c(c4)c4ccccc4n5CC)c4ccccc4)c3)c3ccccc3)ccc21. The number of hydrogen-bond donors (Lipinski definition) is 0. The average Bonchev–Trinajstić information content (AvgIpc) is 3.75. The van der Waals surface area contributed by atoms with Crippen LogP contribution in [0.15, 0.2) is 180 Å². The van der Waals surface area contributed by atoms with Crippen molar-refractivity contribution < 1.29 is 0 Å². The van der Waals surface area contributed by atoms with Gasteiger partial charge >= 0.3 is 0 Å². The van der Waals surface area contributed by atoms with E-state index in [1.54, 1.807) is 0 Å². The zero-order valence-electron chi connectivity index (χ0n) is 31.8. The lowest BCUT2D eigenvalue weighted by molar-refractivity contribution is 0.827. The number of hydrazone groups is 2. The van der Waals surface area contributed by atoms with Gasteiger partial charge in [-0.1, -0.05) is 109 Å². The lowest BCUT2D eigenvalue weighted by atomic mass is 10.1. The summed E-state index contributed by atoms with van der Waals surface area (Å²) in [7, 11) is 0. The van der Waals surface area contributed by atoms with Gasteiger partial charge in [-0.3, -0.25) is 10.0 Å². The molecule has 7 aromatic carbocycles. The van der Waals surface area contributed by atoms with Crippen LogP contribution in [0.1, 0.15) is 36.1 Å². The highest BCUT2D eigenvalue weighted by Crippen LogP contribution is 2.31. The highest BCUT2D eigenvalue weighted by Gasteiger charge is 2.13. The maximum Gasteiger partial charge on any atom is 0.0666 e. The predicted octanol–water partition coefficient (Wildman–Crippen LogP) is 12.0. The molecule has 9 aromatic rings. The third-order valence-corrected chi connectivity index (χ3v) is 10.7. The molecule has 2 aromatic heterocycles. The normalized spacial score (nSPS) is 11.9. The van der Waals surface area contributed by atoms with E-state index < -0.39 is 0 Å². The molecule has 0 radical (unpaired) electrons. The van der Waals surface area contributed by atoms with Gasteiger partial charge in [0.05, 0.1) is 36.9 Å². The maximum absolute atomic E-state index is 5.09. The van der Waals surface area contributed by atoms with Crippen molar-refractivity contribution in [1.82, 2.24) is 9.13 Å². The molecule has 0 aliphatic rings. The minimum Gasteiger partial charge on any atom is -0.341 e. The van der Waals surface area contributed by atoms with Gasteiger partial charge in [0.15, 0.2) is 0 Å². The molecule has 0 aliphatic carbocycles. The van der Waals surface area contributed by atoms with Crippen LogP contribution in [0.4, 0.5) is 11.4 Å². The van der Waals surface area contributed by atoms with Crippen molar-refractivity contribution in [3.05, 3.63) is 192 Å². The van der Waals surface area contributed by atoms with Crippen molar-refractivity contribution in [1.29, 1.82) is 0 Å². The van der Waals surface area contributed by atoms with E-state index in [4.69, 9.17) is 10.2 Å². The molecule has 2 heterocycles. The third kappa shape index (κ3) is 6.82. The van der Waals surface area contributed by atoms with Gasteiger partial charge in [-0.05, 0) is 96.8 Å². The largest absolute Gasteiger partial charge is 0.341 e. The molecule has 0 bridgehead atoms. The van der Waals surface area contributed by atoms with Crippen LogP contribution in [-0.2, 0) is 26.2 Å². The van der Waals surface area contributed by atoms with Gasteiger partial charge in [0, 0.05) is 56.7 Å². The molecule has 0 aliphatic heterocycles. The van der Waals surface area contributed by atoms with E-state index in [2.05, 4.69) is 191 Å². The van der Waals surface area contributed by atoms with Crippen molar-refractivity contribution in [2.24, 2.45) is 10.2 Å². The first-order valence-corrected chi connectivity index (χ1v) is 19.5. The number of benzene rings is 7. The fourth-order valence-corrected chi connectivity index (χ4v) is 8.03. The Hall–Kier alpha value is -6.92. The second-order valence-corrected chi connectivity index (χ2v) is 14.2. The Kier molecular flexibility index (Phi) is 9.60. The van der Waals surface area contributed by atoms with E-state index in [0.717, 1.165) is 35.6 Å². The molecule has 0 saturated carbocycles. The van der Waals surface area contributed by atoms with Crippen molar-refractivity contribution in [2.45, 2.75) is 40.0 Å². The summed E-state index contributed by atoms with van der Waals surface area (Å²) in [5, 5.41) is 19.4. The second kappa shape index (κ2) is 15.4. The molecule has 0 saturated heterocycles. The minimum absolute atomic E-state index is 0.617. The van der Waals surface area contributed by atoms with Gasteiger partial charge in [-0.2, -0.15) is 10.2 Å². The topological polar surface area (TPSA) is 41.1 Å². The summed E-state index contributed by atoms with van der Waals surface area (Å²) in [5.41, 5.74) is 11.6. The Labute approximate surface area is 327 Å². The highest BCUT2D eigenvalue weighted by atomic mass is 15.5. The van der Waals surface area contributed by atoms with E-state index >= 15 is 0 Å².